The first-order valence-corrected chi connectivity index (χ1v) is 8.73. The first kappa shape index (κ1) is 19.1. The van der Waals surface area contributed by atoms with Gasteiger partial charge in [-0.1, -0.05) is 22.0 Å². The van der Waals surface area contributed by atoms with Gasteiger partial charge >= 0.3 is 0 Å². The third-order valence-electron chi connectivity index (χ3n) is 3.73. The van der Waals surface area contributed by atoms with E-state index in [1.54, 1.807) is 19.1 Å². The van der Waals surface area contributed by atoms with Crippen LogP contribution < -0.4 is 14.2 Å². The maximum atomic E-state index is 12.4. The molecule has 6 heteroatoms. The van der Waals surface area contributed by atoms with Crippen LogP contribution in [0.3, 0.4) is 0 Å². The number of carbonyl (C=O) groups is 1. The fourth-order valence-electron chi connectivity index (χ4n) is 2.34. The van der Waals surface area contributed by atoms with Crippen LogP contribution in [0.2, 0.25) is 0 Å². The Morgan fingerprint density at radius 1 is 1.04 bits per heavy atom. The summed E-state index contributed by atoms with van der Waals surface area (Å²) in [6.07, 6.45) is 0. The van der Waals surface area contributed by atoms with Gasteiger partial charge in [0.2, 0.25) is 0 Å². The Morgan fingerprint density at radius 3 is 2.32 bits per heavy atom. The second-order valence-corrected chi connectivity index (χ2v) is 6.26. The van der Waals surface area contributed by atoms with Crippen LogP contribution in [-0.4, -0.2) is 38.2 Å². The molecule has 0 unspecified atom stereocenters. The van der Waals surface area contributed by atoms with E-state index in [0.717, 1.165) is 10.0 Å². The van der Waals surface area contributed by atoms with E-state index in [4.69, 9.17) is 14.2 Å². The van der Waals surface area contributed by atoms with Crippen molar-refractivity contribution in [3.63, 3.8) is 0 Å². The predicted octanol–water partition coefficient (Wildman–Crippen LogP) is 3.89. The molecule has 0 fully saturated rings. The molecule has 0 saturated carbocycles. The summed E-state index contributed by atoms with van der Waals surface area (Å²) in [6, 6.07) is 13.0. The second kappa shape index (κ2) is 9.32. The number of nitrogens with zero attached hydrogens (tertiary/aromatic N) is 1. The van der Waals surface area contributed by atoms with Gasteiger partial charge in [-0.3, -0.25) is 4.79 Å². The molecule has 0 N–H and O–H groups in total. The number of methoxy groups -OCH3 is 2. The number of rotatable bonds is 8. The smallest absolute Gasteiger partial charge is 0.260 e. The minimum atomic E-state index is -0.0693. The van der Waals surface area contributed by atoms with E-state index in [2.05, 4.69) is 15.9 Å². The molecule has 5 nitrogen and oxygen atoms in total. The lowest BCUT2D eigenvalue weighted by molar-refractivity contribution is -0.133. The van der Waals surface area contributed by atoms with Crippen molar-refractivity contribution in [2.75, 3.05) is 27.4 Å². The van der Waals surface area contributed by atoms with E-state index in [1.807, 2.05) is 49.4 Å². The topological polar surface area (TPSA) is 48.0 Å². The highest BCUT2D eigenvalue weighted by atomic mass is 79.9. The summed E-state index contributed by atoms with van der Waals surface area (Å²) in [6.45, 7) is 3.03. The van der Waals surface area contributed by atoms with Gasteiger partial charge in [-0.15, -0.1) is 0 Å². The Hall–Kier alpha value is -2.21. The molecule has 0 radical (unpaired) electrons. The number of benzene rings is 2. The number of hydrogen-bond acceptors (Lipinski definition) is 4. The van der Waals surface area contributed by atoms with Crippen molar-refractivity contribution in [2.24, 2.45) is 0 Å². The molecular weight excluding hydrogens is 386 g/mol. The van der Waals surface area contributed by atoms with Gasteiger partial charge in [0.25, 0.3) is 5.91 Å². The lowest BCUT2D eigenvalue weighted by atomic mass is 10.2. The van der Waals surface area contributed by atoms with Crippen LogP contribution >= 0.6 is 15.9 Å². The molecule has 0 spiro atoms. The Bertz CT molecular complexity index is 703. The van der Waals surface area contributed by atoms with E-state index in [-0.39, 0.29) is 12.5 Å². The Kier molecular flexibility index (Phi) is 7.13. The van der Waals surface area contributed by atoms with Crippen LogP contribution in [0.5, 0.6) is 17.2 Å². The average molecular weight is 408 g/mol. The van der Waals surface area contributed by atoms with Gasteiger partial charge in [-0.2, -0.15) is 0 Å². The molecule has 0 saturated heterocycles. The van der Waals surface area contributed by atoms with E-state index in [0.29, 0.717) is 30.3 Å². The van der Waals surface area contributed by atoms with Crippen molar-refractivity contribution in [3.8, 4) is 17.2 Å². The molecule has 0 aliphatic heterocycles. The molecule has 0 aliphatic carbocycles. The van der Waals surface area contributed by atoms with Crippen molar-refractivity contribution in [1.29, 1.82) is 0 Å². The van der Waals surface area contributed by atoms with Gasteiger partial charge in [0.05, 0.1) is 14.2 Å². The Labute approximate surface area is 156 Å². The number of ether oxygens (including phenoxy) is 3. The van der Waals surface area contributed by atoms with Gasteiger partial charge < -0.3 is 19.1 Å². The fraction of sp³-hybridized carbons (Fsp3) is 0.316. The van der Waals surface area contributed by atoms with Crippen LogP contribution in [-0.2, 0) is 11.3 Å². The zero-order valence-corrected chi connectivity index (χ0v) is 16.2. The van der Waals surface area contributed by atoms with Crippen molar-refractivity contribution >= 4 is 21.8 Å². The maximum Gasteiger partial charge on any atom is 0.260 e. The quantitative estimate of drug-likeness (QED) is 0.665. The number of amides is 1. The molecule has 0 aromatic heterocycles. The molecule has 0 heterocycles. The third kappa shape index (κ3) is 5.39. The lowest BCUT2D eigenvalue weighted by Gasteiger charge is -2.21. The summed E-state index contributed by atoms with van der Waals surface area (Å²) in [5.41, 5.74) is 0.969. The summed E-state index contributed by atoms with van der Waals surface area (Å²) in [7, 11) is 3.19. The molecule has 0 atom stereocenters. The summed E-state index contributed by atoms with van der Waals surface area (Å²) >= 11 is 3.37. The van der Waals surface area contributed by atoms with Crippen molar-refractivity contribution in [2.45, 2.75) is 13.5 Å². The van der Waals surface area contributed by atoms with Gasteiger partial charge in [0.1, 0.15) is 5.75 Å². The standard InChI is InChI=1S/C19H22BrNO4/c1-4-21(12-14-5-10-17(23-2)18(11-14)24-3)19(22)13-25-16-8-6-15(20)7-9-16/h5-11H,4,12-13H2,1-3H3. The molecule has 0 aliphatic rings. The molecule has 2 rings (SSSR count). The summed E-state index contributed by atoms with van der Waals surface area (Å²) in [5, 5.41) is 0. The SMILES string of the molecule is CCN(Cc1ccc(OC)c(OC)c1)C(=O)COc1ccc(Br)cc1. The lowest BCUT2D eigenvalue weighted by Crippen LogP contribution is -2.34. The van der Waals surface area contributed by atoms with Gasteiger partial charge in [0.15, 0.2) is 18.1 Å². The highest BCUT2D eigenvalue weighted by molar-refractivity contribution is 9.10. The maximum absolute atomic E-state index is 12.4. The number of likely N-dealkylation sites (N-methyl/N-ethyl adjacent to an activating group) is 1. The molecule has 2 aromatic rings. The van der Waals surface area contributed by atoms with E-state index in [1.165, 1.54) is 0 Å². The summed E-state index contributed by atoms with van der Waals surface area (Å²) < 4.78 is 17.1. The molecule has 25 heavy (non-hydrogen) atoms. The summed E-state index contributed by atoms with van der Waals surface area (Å²) in [5.74, 6) is 1.91. The minimum absolute atomic E-state index is 0.00274. The van der Waals surface area contributed by atoms with E-state index < -0.39 is 0 Å². The first-order valence-electron chi connectivity index (χ1n) is 7.94. The average Bonchev–Trinajstić information content (AvgIpc) is 2.65. The van der Waals surface area contributed by atoms with Crippen LogP contribution in [0.4, 0.5) is 0 Å². The van der Waals surface area contributed by atoms with E-state index in [9.17, 15) is 4.79 Å². The number of carbonyl (C=O) groups excluding carboxylic acids is 1. The molecule has 2 aromatic carbocycles. The fourth-order valence-corrected chi connectivity index (χ4v) is 2.61. The normalized spacial score (nSPS) is 10.2. The van der Waals surface area contributed by atoms with Gasteiger partial charge in [0, 0.05) is 17.6 Å². The zero-order chi connectivity index (χ0) is 18.2. The van der Waals surface area contributed by atoms with Crippen LogP contribution in [0.1, 0.15) is 12.5 Å². The van der Waals surface area contributed by atoms with Crippen molar-refractivity contribution in [1.82, 2.24) is 4.90 Å². The largest absolute Gasteiger partial charge is 0.493 e. The number of hydrogen-bond donors (Lipinski definition) is 0. The Morgan fingerprint density at radius 2 is 1.72 bits per heavy atom. The van der Waals surface area contributed by atoms with Crippen molar-refractivity contribution in [3.05, 3.63) is 52.5 Å². The van der Waals surface area contributed by atoms with Crippen LogP contribution in [0.15, 0.2) is 46.9 Å². The Balaban J connectivity index is 1.98. The van der Waals surface area contributed by atoms with Crippen LogP contribution in [0.25, 0.3) is 0 Å². The minimum Gasteiger partial charge on any atom is -0.493 e. The molecule has 1 amide bonds. The number of halogens is 1. The van der Waals surface area contributed by atoms with Crippen molar-refractivity contribution < 1.29 is 19.0 Å². The molecule has 134 valence electrons. The van der Waals surface area contributed by atoms with Gasteiger partial charge in [-0.05, 0) is 48.9 Å². The third-order valence-corrected chi connectivity index (χ3v) is 4.26. The summed E-state index contributed by atoms with van der Waals surface area (Å²) in [4.78, 5) is 14.2. The molecule has 0 bridgehead atoms. The van der Waals surface area contributed by atoms with Crippen LogP contribution in [0, 0.1) is 0 Å². The monoisotopic (exact) mass is 407 g/mol. The van der Waals surface area contributed by atoms with Gasteiger partial charge in [-0.25, -0.2) is 0 Å². The second-order valence-electron chi connectivity index (χ2n) is 5.34. The predicted molar refractivity (Wildman–Crippen MR) is 100 cm³/mol. The highest BCUT2D eigenvalue weighted by Crippen LogP contribution is 2.28. The zero-order valence-electron chi connectivity index (χ0n) is 14.6. The molecular formula is C19H22BrNO4. The highest BCUT2D eigenvalue weighted by Gasteiger charge is 2.14. The first-order chi connectivity index (χ1) is 12.1. The van der Waals surface area contributed by atoms with E-state index >= 15 is 0 Å².